The molecule has 1 unspecified atom stereocenters. The van der Waals surface area contributed by atoms with E-state index in [1.54, 1.807) is 7.05 Å². The summed E-state index contributed by atoms with van der Waals surface area (Å²) in [4.78, 5) is 13.6. The van der Waals surface area contributed by atoms with Crippen molar-refractivity contribution in [2.75, 3.05) is 20.2 Å². The van der Waals surface area contributed by atoms with Crippen molar-refractivity contribution in [3.8, 4) is 0 Å². The van der Waals surface area contributed by atoms with Crippen molar-refractivity contribution in [2.45, 2.75) is 33.7 Å². The van der Waals surface area contributed by atoms with Gasteiger partial charge >= 0.3 is 6.03 Å². The van der Waals surface area contributed by atoms with Gasteiger partial charge in [0.05, 0.1) is 12.6 Å². The molecule has 112 valence electrons. The van der Waals surface area contributed by atoms with Crippen LogP contribution >= 0.6 is 0 Å². The molecule has 0 saturated carbocycles. The second kappa shape index (κ2) is 6.75. The lowest BCUT2D eigenvalue weighted by Gasteiger charge is -2.33. The van der Waals surface area contributed by atoms with Crippen LogP contribution in [0.15, 0.2) is 24.3 Å². The van der Waals surface area contributed by atoms with Crippen LogP contribution in [-0.4, -0.2) is 36.2 Å². The monoisotopic (exact) mass is 278 g/mol. The Hall–Kier alpha value is -1.55. The summed E-state index contributed by atoms with van der Waals surface area (Å²) in [5.41, 5.74) is 2.18. The third-order valence-electron chi connectivity index (χ3n) is 3.29. The van der Waals surface area contributed by atoms with E-state index in [1.165, 1.54) is 10.5 Å². The summed E-state index contributed by atoms with van der Waals surface area (Å²) in [7, 11) is 1.68. The van der Waals surface area contributed by atoms with Crippen molar-refractivity contribution in [1.82, 2.24) is 10.2 Å². The number of urea groups is 1. The first-order chi connectivity index (χ1) is 9.25. The first-order valence-electron chi connectivity index (χ1n) is 6.94. The highest BCUT2D eigenvalue weighted by Crippen LogP contribution is 2.33. The number of carbonyl (C=O) groups excluding carboxylic acids is 1. The average molecular weight is 278 g/mol. The van der Waals surface area contributed by atoms with E-state index < -0.39 is 0 Å². The molecule has 0 aliphatic carbocycles. The summed E-state index contributed by atoms with van der Waals surface area (Å²) >= 11 is 0. The predicted molar refractivity (Wildman–Crippen MR) is 81.6 cm³/mol. The molecule has 4 heteroatoms. The molecule has 1 rings (SSSR count). The zero-order valence-electron chi connectivity index (χ0n) is 13.1. The van der Waals surface area contributed by atoms with Gasteiger partial charge in [-0.2, -0.15) is 0 Å². The normalized spacial score (nSPS) is 12.9. The zero-order chi connectivity index (χ0) is 15.3. The minimum Gasteiger partial charge on any atom is -0.395 e. The fourth-order valence-electron chi connectivity index (χ4n) is 2.13. The van der Waals surface area contributed by atoms with Crippen LogP contribution in [0.3, 0.4) is 0 Å². The van der Waals surface area contributed by atoms with Gasteiger partial charge in [-0.3, -0.25) is 0 Å². The van der Waals surface area contributed by atoms with Crippen LogP contribution in [0.4, 0.5) is 4.79 Å². The molecule has 0 saturated heterocycles. The van der Waals surface area contributed by atoms with Gasteiger partial charge < -0.3 is 15.3 Å². The van der Waals surface area contributed by atoms with Crippen LogP contribution in [0, 0.1) is 12.3 Å². The van der Waals surface area contributed by atoms with Crippen LogP contribution in [0.5, 0.6) is 0 Å². The molecule has 0 aromatic heterocycles. The molecule has 0 fully saturated rings. The Labute approximate surface area is 121 Å². The minimum absolute atomic E-state index is 0.0332. The maximum atomic E-state index is 12.2. The lowest BCUT2D eigenvalue weighted by molar-refractivity contribution is 0.175. The Bertz CT molecular complexity index is 452. The highest BCUT2D eigenvalue weighted by atomic mass is 16.3. The number of rotatable bonds is 4. The summed E-state index contributed by atoms with van der Waals surface area (Å²) in [6.45, 7) is 8.65. The molecule has 2 N–H and O–H groups in total. The van der Waals surface area contributed by atoms with Gasteiger partial charge in [-0.15, -0.1) is 0 Å². The van der Waals surface area contributed by atoms with E-state index in [-0.39, 0.29) is 24.1 Å². The van der Waals surface area contributed by atoms with E-state index in [9.17, 15) is 4.79 Å². The molecule has 0 spiro atoms. The number of hydrogen-bond donors (Lipinski definition) is 2. The summed E-state index contributed by atoms with van der Waals surface area (Å²) in [6.07, 6.45) is 0. The molecular formula is C16H26N2O2. The van der Waals surface area contributed by atoms with Gasteiger partial charge in [0.15, 0.2) is 0 Å². The number of aliphatic hydroxyl groups is 1. The van der Waals surface area contributed by atoms with E-state index in [0.29, 0.717) is 6.54 Å². The first-order valence-corrected chi connectivity index (χ1v) is 6.94. The number of aliphatic hydroxyl groups excluding tert-OH is 1. The van der Waals surface area contributed by atoms with E-state index in [4.69, 9.17) is 5.11 Å². The number of nitrogens with zero attached hydrogens (tertiary/aromatic N) is 1. The molecule has 0 aliphatic rings. The third kappa shape index (κ3) is 4.53. The van der Waals surface area contributed by atoms with E-state index >= 15 is 0 Å². The van der Waals surface area contributed by atoms with E-state index in [0.717, 1.165) is 5.56 Å². The van der Waals surface area contributed by atoms with Crippen molar-refractivity contribution in [3.63, 3.8) is 0 Å². The zero-order valence-corrected chi connectivity index (χ0v) is 13.1. The van der Waals surface area contributed by atoms with Gasteiger partial charge in [0, 0.05) is 13.6 Å². The summed E-state index contributed by atoms with van der Waals surface area (Å²) in [5, 5.41) is 12.0. The SMILES string of the molecule is Cc1cccc(C(NC(=O)N(C)CCO)C(C)(C)C)c1. The van der Waals surface area contributed by atoms with Crippen LogP contribution in [0.25, 0.3) is 0 Å². The molecule has 0 heterocycles. The van der Waals surface area contributed by atoms with Crippen molar-refractivity contribution in [2.24, 2.45) is 5.41 Å². The maximum Gasteiger partial charge on any atom is 0.317 e. The lowest BCUT2D eigenvalue weighted by Crippen LogP contribution is -2.44. The number of nitrogens with one attached hydrogen (secondary N) is 1. The quantitative estimate of drug-likeness (QED) is 0.889. The molecule has 0 aliphatic heterocycles. The lowest BCUT2D eigenvalue weighted by atomic mass is 9.82. The molecule has 20 heavy (non-hydrogen) atoms. The number of aryl methyl sites for hydroxylation is 1. The molecule has 4 nitrogen and oxygen atoms in total. The first kappa shape index (κ1) is 16.5. The summed E-state index contributed by atoms with van der Waals surface area (Å²) in [5.74, 6) is 0. The maximum absolute atomic E-state index is 12.2. The van der Waals surface area contributed by atoms with Gasteiger partial charge in [-0.05, 0) is 17.9 Å². The highest BCUT2D eigenvalue weighted by molar-refractivity contribution is 5.74. The van der Waals surface area contributed by atoms with E-state index in [2.05, 4.69) is 32.2 Å². The Morgan fingerprint density at radius 1 is 1.40 bits per heavy atom. The molecule has 1 atom stereocenters. The molecule has 0 bridgehead atoms. The summed E-state index contributed by atoms with van der Waals surface area (Å²) < 4.78 is 0. The van der Waals surface area contributed by atoms with Gasteiger partial charge in [0.1, 0.15) is 0 Å². The van der Waals surface area contributed by atoms with Crippen LogP contribution in [0.2, 0.25) is 0 Å². The molecule has 1 aromatic carbocycles. The van der Waals surface area contributed by atoms with Gasteiger partial charge in [-0.25, -0.2) is 4.79 Å². The predicted octanol–water partition coefficient (Wildman–Crippen LogP) is 2.72. The smallest absolute Gasteiger partial charge is 0.317 e. The van der Waals surface area contributed by atoms with Crippen LogP contribution in [0.1, 0.15) is 37.9 Å². The Balaban J connectivity index is 2.95. The fraction of sp³-hybridized carbons (Fsp3) is 0.562. The third-order valence-corrected chi connectivity index (χ3v) is 3.29. The average Bonchev–Trinajstić information content (AvgIpc) is 2.34. The molecular weight excluding hydrogens is 252 g/mol. The Kier molecular flexibility index (Phi) is 5.57. The van der Waals surface area contributed by atoms with Crippen LogP contribution < -0.4 is 5.32 Å². The number of carbonyl (C=O) groups is 1. The van der Waals surface area contributed by atoms with Crippen molar-refractivity contribution >= 4 is 6.03 Å². The summed E-state index contributed by atoms with van der Waals surface area (Å²) in [6, 6.07) is 7.95. The molecule has 0 radical (unpaired) electrons. The topological polar surface area (TPSA) is 52.6 Å². The standard InChI is InChI=1S/C16H26N2O2/c1-12-7-6-8-13(11-12)14(16(2,3)4)17-15(20)18(5)9-10-19/h6-8,11,14,19H,9-10H2,1-5H3,(H,17,20). The van der Waals surface area contributed by atoms with Crippen LogP contribution in [-0.2, 0) is 0 Å². The molecule has 1 aromatic rings. The van der Waals surface area contributed by atoms with E-state index in [1.807, 2.05) is 25.1 Å². The Morgan fingerprint density at radius 3 is 2.55 bits per heavy atom. The van der Waals surface area contributed by atoms with Crippen molar-refractivity contribution in [1.29, 1.82) is 0 Å². The fourth-order valence-corrected chi connectivity index (χ4v) is 2.13. The second-order valence-corrected chi connectivity index (χ2v) is 6.31. The number of amides is 2. The van der Waals surface area contributed by atoms with Gasteiger partial charge in [0.25, 0.3) is 0 Å². The highest BCUT2D eigenvalue weighted by Gasteiger charge is 2.28. The van der Waals surface area contributed by atoms with Crippen molar-refractivity contribution < 1.29 is 9.90 Å². The minimum atomic E-state index is -0.166. The number of benzene rings is 1. The van der Waals surface area contributed by atoms with Crippen molar-refractivity contribution in [3.05, 3.63) is 35.4 Å². The number of likely N-dealkylation sites (N-methyl/N-ethyl adjacent to an activating group) is 1. The number of hydrogen-bond acceptors (Lipinski definition) is 2. The largest absolute Gasteiger partial charge is 0.395 e. The van der Waals surface area contributed by atoms with Gasteiger partial charge in [-0.1, -0.05) is 50.6 Å². The second-order valence-electron chi connectivity index (χ2n) is 6.31. The van der Waals surface area contributed by atoms with Gasteiger partial charge in [0.2, 0.25) is 0 Å². The Morgan fingerprint density at radius 2 is 2.05 bits per heavy atom. The molecule has 2 amide bonds.